The first-order valence-electron chi connectivity index (χ1n) is 8.38. The van der Waals surface area contributed by atoms with E-state index in [-0.39, 0.29) is 18.1 Å². The largest absolute Gasteiger partial charge is 0.441 e. The number of oxazole rings is 2. The Hall–Kier alpha value is -3.48. The highest BCUT2D eigenvalue weighted by Gasteiger charge is 2.16. The highest BCUT2D eigenvalue weighted by molar-refractivity contribution is 5.99. The minimum Gasteiger partial charge on any atom is -0.441 e. The molecule has 2 aromatic heterocycles. The predicted octanol–water partition coefficient (Wildman–Crippen LogP) is 4.42. The Morgan fingerprint density at radius 1 is 1.07 bits per heavy atom. The molecular formula is C20H16FN3O3. The van der Waals surface area contributed by atoms with Gasteiger partial charge in [0.25, 0.3) is 0 Å². The molecule has 7 heteroatoms. The number of nitrogens with one attached hydrogen (secondary N) is 1. The van der Waals surface area contributed by atoms with Crippen LogP contribution >= 0.6 is 0 Å². The molecule has 4 aromatic rings. The topological polar surface area (TPSA) is 81.2 Å². The molecule has 2 heterocycles. The van der Waals surface area contributed by atoms with E-state index in [1.165, 1.54) is 12.1 Å². The van der Waals surface area contributed by atoms with Crippen molar-refractivity contribution in [3.63, 3.8) is 0 Å². The third-order valence-electron chi connectivity index (χ3n) is 4.11. The van der Waals surface area contributed by atoms with Crippen LogP contribution in [-0.4, -0.2) is 15.9 Å². The number of rotatable bonds is 4. The average molecular weight is 365 g/mol. The molecule has 0 aliphatic carbocycles. The molecule has 1 N–H and O–H groups in total. The Morgan fingerprint density at radius 3 is 2.63 bits per heavy atom. The Balaban J connectivity index is 1.53. The number of hydrogen-bond acceptors (Lipinski definition) is 5. The zero-order chi connectivity index (χ0) is 19.0. The molecule has 0 aliphatic heterocycles. The summed E-state index contributed by atoms with van der Waals surface area (Å²) in [5, 5.41) is 2.83. The van der Waals surface area contributed by atoms with E-state index in [9.17, 15) is 9.18 Å². The van der Waals surface area contributed by atoms with Gasteiger partial charge in [-0.05, 0) is 43.3 Å². The number of fused-ring (bicyclic) bond motifs is 1. The van der Waals surface area contributed by atoms with Crippen molar-refractivity contribution in [2.45, 2.75) is 20.3 Å². The molecular weight excluding hydrogens is 349 g/mol. The third kappa shape index (κ3) is 3.44. The molecule has 0 radical (unpaired) electrons. The number of amides is 1. The zero-order valence-corrected chi connectivity index (χ0v) is 14.7. The van der Waals surface area contributed by atoms with Crippen molar-refractivity contribution >= 4 is 22.7 Å². The third-order valence-corrected chi connectivity index (χ3v) is 4.11. The molecule has 0 bridgehead atoms. The SMILES string of the molecule is Cc1nc2cccc(NC(=O)Cc3nc(-c4ccc(F)cc4)oc3C)c2o1. The lowest BCUT2D eigenvalue weighted by molar-refractivity contribution is -0.115. The number of para-hydroxylation sites is 1. The molecule has 136 valence electrons. The quantitative estimate of drug-likeness (QED) is 0.579. The molecule has 1 amide bonds. The van der Waals surface area contributed by atoms with Gasteiger partial charge in [-0.15, -0.1) is 0 Å². The Morgan fingerprint density at radius 2 is 1.85 bits per heavy atom. The number of anilines is 1. The fraction of sp³-hybridized carbons (Fsp3) is 0.150. The van der Waals surface area contributed by atoms with Crippen LogP contribution in [0.3, 0.4) is 0 Å². The second kappa shape index (κ2) is 6.68. The van der Waals surface area contributed by atoms with Crippen LogP contribution in [0.1, 0.15) is 17.3 Å². The zero-order valence-electron chi connectivity index (χ0n) is 14.7. The second-order valence-corrected chi connectivity index (χ2v) is 6.14. The first kappa shape index (κ1) is 17.0. The molecule has 27 heavy (non-hydrogen) atoms. The Kier molecular flexibility index (Phi) is 4.19. The average Bonchev–Trinajstić information content (AvgIpc) is 3.18. The summed E-state index contributed by atoms with van der Waals surface area (Å²) in [7, 11) is 0. The first-order valence-corrected chi connectivity index (χ1v) is 8.38. The van der Waals surface area contributed by atoms with Crippen molar-refractivity contribution in [1.29, 1.82) is 0 Å². The van der Waals surface area contributed by atoms with E-state index in [0.717, 1.165) is 0 Å². The lowest BCUT2D eigenvalue weighted by Gasteiger charge is -2.04. The number of aryl methyl sites for hydroxylation is 2. The van der Waals surface area contributed by atoms with Gasteiger partial charge in [-0.3, -0.25) is 4.79 Å². The lowest BCUT2D eigenvalue weighted by atomic mass is 10.2. The van der Waals surface area contributed by atoms with Crippen molar-refractivity contribution < 1.29 is 18.0 Å². The molecule has 0 saturated heterocycles. The summed E-state index contributed by atoms with van der Waals surface area (Å²) in [4.78, 5) is 21.1. The van der Waals surface area contributed by atoms with Crippen molar-refractivity contribution in [3.05, 3.63) is 65.6 Å². The summed E-state index contributed by atoms with van der Waals surface area (Å²) < 4.78 is 24.2. The van der Waals surface area contributed by atoms with Crippen molar-refractivity contribution in [2.24, 2.45) is 0 Å². The number of nitrogens with zero attached hydrogens (tertiary/aromatic N) is 2. The maximum Gasteiger partial charge on any atom is 0.230 e. The molecule has 0 atom stereocenters. The number of hydrogen-bond donors (Lipinski definition) is 1. The normalized spacial score (nSPS) is 11.1. The van der Waals surface area contributed by atoms with E-state index in [0.29, 0.717) is 45.6 Å². The molecule has 0 spiro atoms. The number of carbonyl (C=O) groups is 1. The van der Waals surface area contributed by atoms with E-state index in [1.807, 2.05) is 6.07 Å². The monoisotopic (exact) mass is 365 g/mol. The van der Waals surface area contributed by atoms with Crippen LogP contribution < -0.4 is 5.32 Å². The maximum absolute atomic E-state index is 13.1. The van der Waals surface area contributed by atoms with E-state index in [4.69, 9.17) is 8.83 Å². The molecule has 0 fully saturated rings. The van der Waals surface area contributed by atoms with Gasteiger partial charge in [-0.25, -0.2) is 14.4 Å². The predicted molar refractivity (Wildman–Crippen MR) is 97.7 cm³/mol. The van der Waals surface area contributed by atoms with Gasteiger partial charge in [0.05, 0.1) is 17.8 Å². The van der Waals surface area contributed by atoms with Crippen LogP contribution in [0.2, 0.25) is 0 Å². The summed E-state index contributed by atoms with van der Waals surface area (Å²) in [5.41, 5.74) is 2.94. The van der Waals surface area contributed by atoms with Gasteiger partial charge in [0.2, 0.25) is 11.8 Å². The molecule has 2 aromatic carbocycles. The molecule has 6 nitrogen and oxygen atoms in total. The van der Waals surface area contributed by atoms with Crippen LogP contribution in [0, 0.1) is 19.7 Å². The van der Waals surface area contributed by atoms with Crippen LogP contribution in [0.15, 0.2) is 51.3 Å². The fourth-order valence-corrected chi connectivity index (χ4v) is 2.81. The first-order chi connectivity index (χ1) is 13.0. The molecule has 0 aliphatic rings. The van der Waals surface area contributed by atoms with Gasteiger partial charge < -0.3 is 14.2 Å². The fourth-order valence-electron chi connectivity index (χ4n) is 2.81. The number of halogens is 1. The van der Waals surface area contributed by atoms with Gasteiger partial charge in [-0.1, -0.05) is 6.07 Å². The summed E-state index contributed by atoms with van der Waals surface area (Å²) >= 11 is 0. The van der Waals surface area contributed by atoms with E-state index < -0.39 is 0 Å². The molecule has 4 rings (SSSR count). The van der Waals surface area contributed by atoms with E-state index in [2.05, 4.69) is 15.3 Å². The van der Waals surface area contributed by atoms with Gasteiger partial charge in [0.1, 0.15) is 17.1 Å². The van der Waals surface area contributed by atoms with Gasteiger partial charge in [-0.2, -0.15) is 0 Å². The van der Waals surface area contributed by atoms with Crippen molar-refractivity contribution in [3.8, 4) is 11.5 Å². The van der Waals surface area contributed by atoms with Crippen LogP contribution in [-0.2, 0) is 11.2 Å². The number of benzene rings is 2. The number of aromatic nitrogens is 2. The van der Waals surface area contributed by atoms with Crippen LogP contribution in [0.4, 0.5) is 10.1 Å². The summed E-state index contributed by atoms with van der Waals surface area (Å²) in [6.45, 7) is 3.49. The molecule has 0 saturated carbocycles. The molecule has 0 unspecified atom stereocenters. The summed E-state index contributed by atoms with van der Waals surface area (Å²) in [6.07, 6.45) is 0.0417. The van der Waals surface area contributed by atoms with E-state index in [1.54, 1.807) is 38.1 Å². The Bertz CT molecular complexity index is 1130. The minimum absolute atomic E-state index is 0.0417. The summed E-state index contributed by atoms with van der Waals surface area (Å²) in [6, 6.07) is 11.2. The highest BCUT2D eigenvalue weighted by Crippen LogP contribution is 2.25. The standard InChI is InChI=1S/C20H16FN3O3/c1-11-17(24-20(26-11)13-6-8-14(21)9-7-13)10-18(25)23-16-5-3-4-15-19(16)27-12(2)22-15/h3-9H,10H2,1-2H3,(H,23,25). The summed E-state index contributed by atoms with van der Waals surface area (Å²) in [5.74, 6) is 0.835. The lowest BCUT2D eigenvalue weighted by Crippen LogP contribution is -2.15. The van der Waals surface area contributed by atoms with Gasteiger partial charge >= 0.3 is 0 Å². The highest BCUT2D eigenvalue weighted by atomic mass is 19.1. The smallest absolute Gasteiger partial charge is 0.230 e. The van der Waals surface area contributed by atoms with Crippen molar-refractivity contribution in [1.82, 2.24) is 9.97 Å². The van der Waals surface area contributed by atoms with Gasteiger partial charge in [0, 0.05) is 12.5 Å². The van der Waals surface area contributed by atoms with Crippen molar-refractivity contribution in [2.75, 3.05) is 5.32 Å². The van der Waals surface area contributed by atoms with Gasteiger partial charge in [0.15, 0.2) is 11.5 Å². The number of carbonyl (C=O) groups excluding carboxylic acids is 1. The maximum atomic E-state index is 13.1. The van der Waals surface area contributed by atoms with E-state index >= 15 is 0 Å². The van der Waals surface area contributed by atoms with Crippen LogP contribution in [0.5, 0.6) is 0 Å². The van der Waals surface area contributed by atoms with Crippen LogP contribution in [0.25, 0.3) is 22.6 Å². The minimum atomic E-state index is -0.335. The second-order valence-electron chi connectivity index (χ2n) is 6.14. The Labute approximate surface area is 154 Å².